The van der Waals surface area contributed by atoms with E-state index in [1.807, 2.05) is 0 Å². The van der Waals surface area contributed by atoms with Crippen molar-refractivity contribution in [2.75, 3.05) is 6.61 Å². The fourth-order valence-corrected chi connectivity index (χ4v) is 1.71. The Hall–Kier alpha value is -2.64. The van der Waals surface area contributed by atoms with Gasteiger partial charge in [0.25, 0.3) is 5.69 Å². The Morgan fingerprint density at radius 3 is 2.64 bits per heavy atom. The molecule has 0 aliphatic rings. The third-order valence-electron chi connectivity index (χ3n) is 2.88. The van der Waals surface area contributed by atoms with Crippen molar-refractivity contribution in [2.45, 2.75) is 26.3 Å². The summed E-state index contributed by atoms with van der Waals surface area (Å²) in [5.41, 5.74) is -0.104. The zero-order valence-electron chi connectivity index (χ0n) is 12.3. The molecule has 0 saturated carbocycles. The van der Waals surface area contributed by atoms with Crippen molar-refractivity contribution in [1.29, 1.82) is 0 Å². The Labute approximate surface area is 127 Å². The van der Waals surface area contributed by atoms with Crippen molar-refractivity contribution < 1.29 is 24.4 Å². The molecule has 8 nitrogen and oxygen atoms in total. The van der Waals surface area contributed by atoms with Crippen molar-refractivity contribution in [1.82, 2.24) is 5.32 Å². The average Bonchev–Trinajstić information content (AvgIpc) is 2.44. The highest BCUT2D eigenvalue weighted by Gasteiger charge is 2.23. The van der Waals surface area contributed by atoms with Crippen LogP contribution in [-0.4, -0.2) is 34.6 Å². The minimum absolute atomic E-state index is 0.00254. The molecular weight excluding hydrogens is 292 g/mol. The van der Waals surface area contributed by atoms with E-state index in [1.54, 1.807) is 19.9 Å². The first-order chi connectivity index (χ1) is 10.3. The van der Waals surface area contributed by atoms with Crippen LogP contribution in [0.15, 0.2) is 24.3 Å². The van der Waals surface area contributed by atoms with Gasteiger partial charge in [-0.25, -0.2) is 4.79 Å². The lowest BCUT2D eigenvalue weighted by Gasteiger charge is -2.17. The Morgan fingerprint density at radius 1 is 1.41 bits per heavy atom. The van der Waals surface area contributed by atoms with Gasteiger partial charge >= 0.3 is 5.97 Å². The Kier molecular flexibility index (Phi) is 6.30. The van der Waals surface area contributed by atoms with Gasteiger partial charge in [0.05, 0.1) is 24.0 Å². The molecule has 22 heavy (non-hydrogen) atoms. The number of ether oxygens (including phenoxy) is 1. The minimum atomic E-state index is -1.09. The molecule has 0 heterocycles. The molecule has 0 aliphatic heterocycles. The van der Waals surface area contributed by atoms with Gasteiger partial charge in [-0.1, -0.05) is 19.9 Å². The number of rotatable bonds is 8. The first-order valence-electron chi connectivity index (χ1n) is 6.70. The highest BCUT2D eigenvalue weighted by Crippen LogP contribution is 2.19. The van der Waals surface area contributed by atoms with Crippen molar-refractivity contribution in [3.05, 3.63) is 34.4 Å². The Balaban J connectivity index is 2.47. The van der Waals surface area contributed by atoms with Crippen molar-refractivity contribution >= 4 is 17.6 Å². The summed E-state index contributed by atoms with van der Waals surface area (Å²) in [4.78, 5) is 32.7. The number of nitro groups is 1. The lowest BCUT2D eigenvalue weighted by atomic mass is 10.0. The van der Waals surface area contributed by atoms with Gasteiger partial charge in [-0.2, -0.15) is 0 Å². The van der Waals surface area contributed by atoms with Gasteiger partial charge in [-0.15, -0.1) is 0 Å². The maximum atomic E-state index is 11.7. The average molecular weight is 310 g/mol. The molecule has 0 saturated heterocycles. The van der Waals surface area contributed by atoms with Gasteiger partial charge in [-0.3, -0.25) is 14.9 Å². The van der Waals surface area contributed by atoms with Crippen LogP contribution in [0.3, 0.4) is 0 Å². The molecule has 0 fully saturated rings. The number of hydrogen-bond donors (Lipinski definition) is 2. The van der Waals surface area contributed by atoms with Crippen LogP contribution in [0.1, 0.15) is 20.3 Å². The molecule has 0 radical (unpaired) electrons. The largest absolute Gasteiger partial charge is 0.493 e. The summed E-state index contributed by atoms with van der Waals surface area (Å²) in [5.74, 6) is -1.51. The number of hydrogen-bond acceptors (Lipinski definition) is 5. The number of non-ortho nitro benzene ring substituents is 1. The SMILES string of the molecule is CC(C)C(NC(=O)CCOc1cccc([N+](=O)[O-])c1)C(=O)O. The summed E-state index contributed by atoms with van der Waals surface area (Å²) in [6, 6.07) is 4.66. The van der Waals surface area contributed by atoms with Crippen molar-refractivity contribution in [2.24, 2.45) is 5.92 Å². The summed E-state index contributed by atoms with van der Waals surface area (Å²) in [7, 11) is 0. The minimum Gasteiger partial charge on any atom is -0.493 e. The number of nitrogens with zero attached hydrogens (tertiary/aromatic N) is 1. The van der Waals surface area contributed by atoms with Crippen LogP contribution >= 0.6 is 0 Å². The number of nitro benzene ring substituents is 1. The van der Waals surface area contributed by atoms with Crippen LogP contribution in [0.2, 0.25) is 0 Å². The second-order valence-corrected chi connectivity index (χ2v) is 4.98. The molecule has 120 valence electrons. The number of carbonyl (C=O) groups is 2. The van der Waals surface area contributed by atoms with Crippen LogP contribution in [0.4, 0.5) is 5.69 Å². The van der Waals surface area contributed by atoms with E-state index in [4.69, 9.17) is 9.84 Å². The van der Waals surface area contributed by atoms with Gasteiger partial charge in [-0.05, 0) is 12.0 Å². The smallest absolute Gasteiger partial charge is 0.326 e. The molecule has 0 bridgehead atoms. The number of benzene rings is 1. The summed E-state index contributed by atoms with van der Waals surface area (Å²) < 4.78 is 5.26. The van der Waals surface area contributed by atoms with Crippen molar-refractivity contribution in [3.63, 3.8) is 0 Å². The first kappa shape index (κ1) is 17.4. The predicted octanol–water partition coefficient (Wildman–Crippen LogP) is 1.59. The third kappa shape index (κ3) is 5.39. The van der Waals surface area contributed by atoms with Gasteiger partial charge in [0.15, 0.2) is 0 Å². The van der Waals surface area contributed by atoms with Gasteiger partial charge in [0, 0.05) is 6.07 Å². The van der Waals surface area contributed by atoms with E-state index in [9.17, 15) is 19.7 Å². The number of carboxylic acids is 1. The number of amides is 1. The van der Waals surface area contributed by atoms with Crippen molar-refractivity contribution in [3.8, 4) is 5.75 Å². The number of aliphatic carboxylic acids is 1. The molecule has 0 aliphatic carbocycles. The summed E-state index contributed by atoms with van der Waals surface area (Å²) >= 11 is 0. The maximum absolute atomic E-state index is 11.7. The number of carbonyl (C=O) groups excluding carboxylic acids is 1. The zero-order valence-corrected chi connectivity index (χ0v) is 12.3. The standard InChI is InChI=1S/C14H18N2O6/c1-9(2)13(14(18)19)15-12(17)6-7-22-11-5-3-4-10(8-11)16(20)21/h3-5,8-9,13H,6-7H2,1-2H3,(H,15,17)(H,18,19). The molecule has 8 heteroatoms. The predicted molar refractivity (Wildman–Crippen MR) is 77.6 cm³/mol. The fraction of sp³-hybridized carbons (Fsp3) is 0.429. The van der Waals surface area contributed by atoms with E-state index in [-0.39, 0.29) is 30.4 Å². The topological polar surface area (TPSA) is 119 Å². The molecule has 0 aromatic heterocycles. The second-order valence-electron chi connectivity index (χ2n) is 4.98. The van der Waals surface area contributed by atoms with E-state index in [1.165, 1.54) is 18.2 Å². The third-order valence-corrected chi connectivity index (χ3v) is 2.88. The normalized spacial score (nSPS) is 11.8. The fourth-order valence-electron chi connectivity index (χ4n) is 1.71. The summed E-state index contributed by atoms with van der Waals surface area (Å²) in [6.45, 7) is 3.38. The van der Waals surface area contributed by atoms with Gasteiger partial charge in [0.1, 0.15) is 11.8 Å². The summed E-state index contributed by atoms with van der Waals surface area (Å²) in [6.07, 6.45) is -0.0425. The molecule has 1 aromatic carbocycles. The van der Waals surface area contributed by atoms with E-state index < -0.39 is 22.8 Å². The number of nitrogens with one attached hydrogen (secondary N) is 1. The molecular formula is C14H18N2O6. The highest BCUT2D eigenvalue weighted by atomic mass is 16.6. The number of carboxylic acid groups (broad SMARTS) is 1. The monoisotopic (exact) mass is 310 g/mol. The molecule has 1 rings (SSSR count). The Morgan fingerprint density at radius 2 is 2.09 bits per heavy atom. The van der Waals surface area contributed by atoms with E-state index in [0.29, 0.717) is 0 Å². The van der Waals surface area contributed by atoms with E-state index >= 15 is 0 Å². The zero-order chi connectivity index (χ0) is 16.7. The second kappa shape index (κ2) is 7.96. The van der Waals surface area contributed by atoms with Crippen LogP contribution < -0.4 is 10.1 Å². The van der Waals surface area contributed by atoms with Crippen LogP contribution in [0.25, 0.3) is 0 Å². The highest BCUT2D eigenvalue weighted by molar-refractivity contribution is 5.83. The molecule has 0 spiro atoms. The van der Waals surface area contributed by atoms with Gasteiger partial charge in [0.2, 0.25) is 5.91 Å². The van der Waals surface area contributed by atoms with Crippen LogP contribution in [0.5, 0.6) is 5.75 Å². The lowest BCUT2D eigenvalue weighted by Crippen LogP contribution is -2.44. The van der Waals surface area contributed by atoms with Gasteiger partial charge < -0.3 is 15.2 Å². The Bertz CT molecular complexity index is 558. The van der Waals surface area contributed by atoms with E-state index in [2.05, 4.69) is 5.32 Å². The quantitative estimate of drug-likeness (QED) is 0.556. The van der Waals surface area contributed by atoms with Crippen LogP contribution in [0, 0.1) is 16.0 Å². The summed E-state index contributed by atoms with van der Waals surface area (Å²) in [5, 5.41) is 22.0. The first-order valence-corrected chi connectivity index (χ1v) is 6.70. The van der Waals surface area contributed by atoms with E-state index in [0.717, 1.165) is 0 Å². The molecule has 2 N–H and O–H groups in total. The lowest BCUT2D eigenvalue weighted by molar-refractivity contribution is -0.384. The molecule has 1 atom stereocenters. The molecule has 1 unspecified atom stereocenters. The molecule has 1 aromatic rings. The van der Waals surface area contributed by atoms with Crippen LogP contribution in [-0.2, 0) is 9.59 Å². The maximum Gasteiger partial charge on any atom is 0.326 e. The molecule has 1 amide bonds.